The zero-order valence-corrected chi connectivity index (χ0v) is 13.0. The van der Waals surface area contributed by atoms with Crippen molar-refractivity contribution in [2.75, 3.05) is 17.8 Å². The molecule has 0 atom stereocenters. The number of halogens is 1. The number of benzene rings is 1. The van der Waals surface area contributed by atoms with Crippen LogP contribution in [-0.2, 0) is 0 Å². The van der Waals surface area contributed by atoms with Gasteiger partial charge in [-0.25, -0.2) is 15.0 Å². The normalized spacial score (nSPS) is 14.2. The highest BCUT2D eigenvalue weighted by Crippen LogP contribution is 2.22. The molecule has 0 bridgehead atoms. The predicted molar refractivity (Wildman–Crippen MR) is 89.8 cm³/mol. The third-order valence-electron chi connectivity index (χ3n) is 3.06. The number of pyridine rings is 1. The van der Waals surface area contributed by atoms with Gasteiger partial charge < -0.3 is 4.90 Å². The number of hydrogen-bond acceptors (Lipinski definition) is 5. The molecule has 0 unspecified atom stereocenters. The molecule has 1 aliphatic heterocycles. The van der Waals surface area contributed by atoms with E-state index in [1.807, 2.05) is 17.0 Å². The van der Waals surface area contributed by atoms with Crippen LogP contribution >= 0.6 is 23.4 Å². The van der Waals surface area contributed by atoms with Crippen molar-refractivity contribution >= 4 is 41.2 Å². The monoisotopic (exact) mass is 316 g/mol. The van der Waals surface area contributed by atoms with E-state index in [1.54, 1.807) is 30.4 Å². The van der Waals surface area contributed by atoms with Gasteiger partial charge in [-0.2, -0.15) is 0 Å². The molecule has 106 valence electrons. The van der Waals surface area contributed by atoms with Crippen LogP contribution in [0.25, 0.3) is 0 Å². The first kappa shape index (κ1) is 14.1. The van der Waals surface area contributed by atoms with Gasteiger partial charge in [-0.15, -0.1) is 11.8 Å². The Balaban J connectivity index is 1.79. The Morgan fingerprint density at radius 1 is 1.24 bits per heavy atom. The second-order valence-electron chi connectivity index (χ2n) is 4.41. The lowest BCUT2D eigenvalue weighted by Gasteiger charge is -2.21. The van der Waals surface area contributed by atoms with E-state index in [2.05, 4.69) is 39.4 Å². The van der Waals surface area contributed by atoms with Crippen molar-refractivity contribution in [2.24, 2.45) is 9.98 Å². The minimum absolute atomic E-state index is 0.445. The first-order chi connectivity index (χ1) is 10.3. The number of nitrogens with zero attached hydrogens (tertiary/aromatic N) is 4. The molecule has 0 fully saturated rings. The zero-order chi connectivity index (χ0) is 14.7. The minimum Gasteiger partial charge on any atom is -0.312 e. The van der Waals surface area contributed by atoms with Crippen LogP contribution in [0.4, 0.5) is 5.69 Å². The van der Waals surface area contributed by atoms with E-state index in [4.69, 9.17) is 11.6 Å². The van der Waals surface area contributed by atoms with E-state index in [0.29, 0.717) is 17.7 Å². The number of rotatable bonds is 3. The second kappa shape index (κ2) is 6.28. The lowest BCUT2D eigenvalue weighted by atomic mass is 10.2. The number of aliphatic imine (C=N–C) groups is 2. The number of amidine groups is 1. The Bertz CT molecular complexity index is 714. The van der Waals surface area contributed by atoms with Crippen LogP contribution in [-0.4, -0.2) is 30.1 Å². The van der Waals surface area contributed by atoms with Gasteiger partial charge in [0, 0.05) is 22.3 Å². The van der Waals surface area contributed by atoms with E-state index in [0.717, 1.165) is 11.3 Å². The maximum absolute atomic E-state index is 5.89. The Labute approximate surface area is 132 Å². The van der Waals surface area contributed by atoms with Crippen molar-refractivity contribution in [1.82, 2.24) is 4.98 Å². The highest BCUT2D eigenvalue weighted by Gasteiger charge is 2.11. The van der Waals surface area contributed by atoms with Crippen LogP contribution in [0, 0.1) is 0 Å². The van der Waals surface area contributed by atoms with Gasteiger partial charge in [0.1, 0.15) is 11.8 Å². The first-order valence-corrected chi connectivity index (χ1v) is 7.98. The maximum atomic E-state index is 5.89. The molecular weight excluding hydrogens is 304 g/mol. The minimum atomic E-state index is 0.445. The van der Waals surface area contributed by atoms with E-state index >= 15 is 0 Å². The summed E-state index contributed by atoms with van der Waals surface area (Å²) >= 11 is 7.61. The van der Waals surface area contributed by atoms with Gasteiger partial charge in [0.05, 0.1) is 6.34 Å². The van der Waals surface area contributed by atoms with Crippen LogP contribution in [0.15, 0.2) is 57.5 Å². The highest BCUT2D eigenvalue weighted by atomic mass is 35.5. The molecule has 0 amide bonds. The molecule has 4 nitrogen and oxygen atoms in total. The quantitative estimate of drug-likeness (QED) is 0.640. The third kappa shape index (κ3) is 3.25. The largest absolute Gasteiger partial charge is 0.312 e. The lowest BCUT2D eigenvalue weighted by molar-refractivity contribution is 0.999. The maximum Gasteiger partial charge on any atom is 0.158 e. The van der Waals surface area contributed by atoms with Crippen molar-refractivity contribution in [1.29, 1.82) is 0 Å². The van der Waals surface area contributed by atoms with Crippen molar-refractivity contribution in [3.63, 3.8) is 0 Å². The molecule has 0 radical (unpaired) electrons. The van der Waals surface area contributed by atoms with E-state index in [1.165, 1.54) is 4.90 Å². The summed E-state index contributed by atoms with van der Waals surface area (Å²) in [6.45, 7) is 0.538. The van der Waals surface area contributed by atoms with Crippen molar-refractivity contribution in [3.05, 3.63) is 53.3 Å². The molecule has 0 aliphatic carbocycles. The average Bonchev–Trinajstić information content (AvgIpc) is 2.55. The van der Waals surface area contributed by atoms with Crippen molar-refractivity contribution < 1.29 is 0 Å². The number of thioether (sulfide) groups is 1. The molecule has 0 saturated carbocycles. The van der Waals surface area contributed by atoms with Gasteiger partial charge in [-0.3, -0.25) is 0 Å². The molecule has 0 saturated heterocycles. The van der Waals surface area contributed by atoms with Crippen molar-refractivity contribution in [2.45, 2.75) is 4.90 Å². The van der Waals surface area contributed by atoms with Gasteiger partial charge in [0.2, 0.25) is 0 Å². The molecule has 6 heteroatoms. The number of aromatic nitrogens is 1. The lowest BCUT2D eigenvalue weighted by Crippen LogP contribution is -2.26. The number of hydrogen-bond donors (Lipinski definition) is 0. The smallest absolute Gasteiger partial charge is 0.158 e. The van der Waals surface area contributed by atoms with Crippen LogP contribution in [0.1, 0.15) is 5.56 Å². The molecule has 1 aliphatic rings. The Hall–Kier alpha value is -1.85. The second-order valence-corrected chi connectivity index (χ2v) is 5.67. The summed E-state index contributed by atoms with van der Waals surface area (Å²) < 4.78 is 0. The van der Waals surface area contributed by atoms with Crippen molar-refractivity contribution in [3.8, 4) is 0 Å². The van der Waals surface area contributed by atoms with Crippen LogP contribution in [0.5, 0.6) is 0 Å². The summed E-state index contributed by atoms with van der Waals surface area (Å²) in [5.41, 5.74) is 1.96. The fourth-order valence-electron chi connectivity index (χ4n) is 1.99. The van der Waals surface area contributed by atoms with E-state index < -0.39 is 0 Å². The molecule has 1 aromatic carbocycles. The molecule has 3 rings (SSSR count). The fraction of sp³-hybridized carbons (Fsp3) is 0.133. The van der Waals surface area contributed by atoms with Gasteiger partial charge in [-0.1, -0.05) is 17.7 Å². The summed E-state index contributed by atoms with van der Waals surface area (Å²) in [4.78, 5) is 16.1. The van der Waals surface area contributed by atoms with Gasteiger partial charge >= 0.3 is 0 Å². The highest BCUT2D eigenvalue weighted by molar-refractivity contribution is 7.98. The van der Waals surface area contributed by atoms with Crippen LogP contribution in [0.3, 0.4) is 0 Å². The Morgan fingerprint density at radius 3 is 2.86 bits per heavy atom. The van der Waals surface area contributed by atoms with E-state index in [-0.39, 0.29) is 0 Å². The third-order valence-corrected chi connectivity index (χ3v) is 3.99. The molecule has 2 heterocycles. The molecule has 0 N–H and O–H groups in total. The Morgan fingerprint density at radius 2 is 2.14 bits per heavy atom. The predicted octanol–water partition coefficient (Wildman–Crippen LogP) is 3.71. The van der Waals surface area contributed by atoms with Crippen LogP contribution < -0.4 is 4.90 Å². The van der Waals surface area contributed by atoms with Gasteiger partial charge in [-0.05, 0) is 36.6 Å². The van der Waals surface area contributed by atoms with E-state index in [9.17, 15) is 0 Å². The molecule has 21 heavy (non-hydrogen) atoms. The standard InChI is InChI=1S/C15H13ClN4S/c1-21-13-4-2-3-12(8-13)20-9-18-15(19-10-20)11-5-6-17-14(16)7-11/h2-9H,10H2,1H3. The molecule has 1 aromatic heterocycles. The average molecular weight is 317 g/mol. The summed E-state index contributed by atoms with van der Waals surface area (Å²) in [5.74, 6) is 0.677. The summed E-state index contributed by atoms with van der Waals surface area (Å²) in [7, 11) is 0. The summed E-state index contributed by atoms with van der Waals surface area (Å²) in [6.07, 6.45) is 5.52. The summed E-state index contributed by atoms with van der Waals surface area (Å²) in [6, 6.07) is 11.9. The zero-order valence-electron chi connectivity index (χ0n) is 11.4. The van der Waals surface area contributed by atoms with Gasteiger partial charge in [0.15, 0.2) is 5.84 Å². The Kier molecular flexibility index (Phi) is 4.22. The molecule has 2 aromatic rings. The van der Waals surface area contributed by atoms with Gasteiger partial charge in [0.25, 0.3) is 0 Å². The number of anilines is 1. The fourth-order valence-corrected chi connectivity index (χ4v) is 2.62. The summed E-state index contributed by atoms with van der Waals surface area (Å²) in [5, 5.41) is 0.445. The first-order valence-electron chi connectivity index (χ1n) is 6.37. The molecule has 0 spiro atoms. The topological polar surface area (TPSA) is 40.9 Å². The van der Waals surface area contributed by atoms with Crippen LogP contribution in [0.2, 0.25) is 5.15 Å². The SMILES string of the molecule is CSc1cccc(N2C=NC(c3ccnc(Cl)c3)=NC2)c1. The molecular formula is C15H13ClN4S.